The number of nitrogens with zero attached hydrogens (tertiary/aromatic N) is 3. The Kier molecular flexibility index (Phi) is 3.87. The summed E-state index contributed by atoms with van der Waals surface area (Å²) in [5.41, 5.74) is 1.86. The fraction of sp³-hybridized carbons (Fsp3) is 0.0714. The van der Waals surface area contributed by atoms with Gasteiger partial charge in [-0.1, -0.05) is 12.1 Å². The van der Waals surface area contributed by atoms with Gasteiger partial charge in [0.05, 0.1) is 5.56 Å². The summed E-state index contributed by atoms with van der Waals surface area (Å²) in [4.78, 5) is 17.3. The number of benzene rings is 1. The van der Waals surface area contributed by atoms with Gasteiger partial charge in [0.2, 0.25) is 4.38 Å². The number of thiophene rings is 1. The summed E-state index contributed by atoms with van der Waals surface area (Å²) < 4.78 is 22.9. The van der Waals surface area contributed by atoms with Crippen LogP contribution in [0.4, 0.5) is 5.69 Å². The van der Waals surface area contributed by atoms with E-state index >= 15 is 0 Å². The van der Waals surface area contributed by atoms with E-state index in [0.717, 1.165) is 22.3 Å². The molecule has 1 unspecified atom stereocenters. The van der Waals surface area contributed by atoms with Gasteiger partial charge in [0.15, 0.2) is 5.17 Å². The van der Waals surface area contributed by atoms with Crippen molar-refractivity contribution in [3.8, 4) is 0 Å². The first-order valence-corrected chi connectivity index (χ1v) is 10.3. The van der Waals surface area contributed by atoms with E-state index < -0.39 is 22.1 Å². The Bertz CT molecular complexity index is 1010. The number of sulfonamides is 1. The van der Waals surface area contributed by atoms with Gasteiger partial charge in [0, 0.05) is 11.3 Å². The summed E-state index contributed by atoms with van der Waals surface area (Å²) >= 11 is 2.28. The van der Waals surface area contributed by atoms with Crippen LogP contribution < -0.4 is 10.5 Å². The second kappa shape index (κ2) is 5.95. The molecule has 0 aliphatic carbocycles. The largest absolute Gasteiger partial charge is 0.359 e. The lowest BCUT2D eigenvalue weighted by atomic mass is 10.1. The summed E-state index contributed by atoms with van der Waals surface area (Å²) in [6.45, 7) is 0. The zero-order valence-electron chi connectivity index (χ0n) is 12.5. The van der Waals surface area contributed by atoms with Crippen LogP contribution in [0.5, 0.6) is 0 Å². The third-order valence-corrected chi connectivity index (χ3v) is 6.46. The molecule has 11 heteroatoms. The van der Waals surface area contributed by atoms with Crippen LogP contribution in [0, 0.1) is 0 Å². The molecule has 1 aromatic carbocycles. The number of primary sulfonamides is 1. The van der Waals surface area contributed by atoms with Crippen LogP contribution in [0.25, 0.3) is 0 Å². The van der Waals surface area contributed by atoms with Crippen molar-refractivity contribution in [3.05, 3.63) is 52.2 Å². The average molecular weight is 393 g/mol. The van der Waals surface area contributed by atoms with E-state index in [1.807, 2.05) is 16.8 Å². The molecule has 4 rings (SSSR count). The van der Waals surface area contributed by atoms with E-state index in [2.05, 4.69) is 15.4 Å². The molecule has 1 aromatic heterocycles. The van der Waals surface area contributed by atoms with Gasteiger partial charge in [0.1, 0.15) is 6.17 Å². The highest BCUT2D eigenvalue weighted by Gasteiger charge is 2.37. The number of amidine groups is 1. The first-order chi connectivity index (χ1) is 11.9. The molecule has 25 heavy (non-hydrogen) atoms. The second-order valence-corrected chi connectivity index (χ2v) is 8.66. The van der Waals surface area contributed by atoms with Crippen LogP contribution in [0.2, 0.25) is 0 Å². The first kappa shape index (κ1) is 16.3. The lowest BCUT2D eigenvalue weighted by Crippen LogP contribution is -2.31. The Labute approximate surface area is 151 Å². The monoisotopic (exact) mass is 393 g/mol. The van der Waals surface area contributed by atoms with Gasteiger partial charge in [-0.3, -0.25) is 4.79 Å². The number of hydrogen-bond donors (Lipinski definition) is 2. The van der Waals surface area contributed by atoms with Crippen molar-refractivity contribution in [2.24, 2.45) is 15.2 Å². The molecule has 3 N–H and O–H groups in total. The number of anilines is 1. The molecule has 0 bridgehead atoms. The molecule has 2 aliphatic rings. The summed E-state index contributed by atoms with van der Waals surface area (Å²) in [6.07, 6.45) is -0.486. The lowest BCUT2D eigenvalue weighted by Gasteiger charge is -2.23. The predicted molar refractivity (Wildman–Crippen MR) is 98.9 cm³/mol. The molecule has 3 heterocycles. The molecular weight excluding hydrogens is 382 g/mol. The summed E-state index contributed by atoms with van der Waals surface area (Å²) in [6, 6.07) is 8.84. The molecule has 2 aliphatic heterocycles. The number of amides is 1. The fourth-order valence-corrected chi connectivity index (χ4v) is 4.59. The maximum atomic E-state index is 12.8. The van der Waals surface area contributed by atoms with Gasteiger partial charge in [-0.15, -0.1) is 5.10 Å². The van der Waals surface area contributed by atoms with Gasteiger partial charge in [0.25, 0.3) is 15.9 Å². The SMILES string of the molecule is NS(=O)(=O)C1=NN2C(=O)c3ccccc3NC(c3ccsc3)N=C2S1. The molecule has 0 fully saturated rings. The molecule has 1 atom stereocenters. The van der Waals surface area contributed by atoms with Crippen molar-refractivity contribution in [1.29, 1.82) is 0 Å². The Morgan fingerprint density at radius 2 is 2.04 bits per heavy atom. The Morgan fingerprint density at radius 3 is 2.76 bits per heavy atom. The minimum atomic E-state index is -4.04. The maximum absolute atomic E-state index is 12.8. The van der Waals surface area contributed by atoms with Crippen molar-refractivity contribution in [1.82, 2.24) is 5.01 Å². The Hall–Kier alpha value is -2.21. The van der Waals surface area contributed by atoms with E-state index in [0.29, 0.717) is 11.3 Å². The number of rotatable bonds is 1. The predicted octanol–water partition coefficient (Wildman–Crippen LogP) is 1.98. The molecule has 0 radical (unpaired) electrons. The molecule has 0 spiro atoms. The zero-order valence-corrected chi connectivity index (χ0v) is 14.9. The highest BCUT2D eigenvalue weighted by atomic mass is 32.3. The van der Waals surface area contributed by atoms with Crippen LogP contribution in [-0.4, -0.2) is 28.9 Å². The van der Waals surface area contributed by atoms with E-state index in [1.54, 1.807) is 24.3 Å². The highest BCUT2D eigenvalue weighted by Crippen LogP contribution is 2.34. The van der Waals surface area contributed by atoms with Crippen LogP contribution >= 0.6 is 23.1 Å². The van der Waals surface area contributed by atoms with Crippen molar-refractivity contribution in [2.45, 2.75) is 6.17 Å². The average Bonchev–Trinajstić information content (AvgIpc) is 3.22. The number of nitrogens with two attached hydrogens (primary N) is 1. The third kappa shape index (κ3) is 2.95. The Balaban J connectivity index is 1.87. The van der Waals surface area contributed by atoms with E-state index in [9.17, 15) is 13.2 Å². The second-order valence-electron chi connectivity index (χ2n) is 5.19. The number of carbonyl (C=O) groups is 1. The number of para-hydroxylation sites is 1. The van der Waals surface area contributed by atoms with Crippen molar-refractivity contribution in [2.75, 3.05) is 5.32 Å². The fourth-order valence-electron chi connectivity index (χ4n) is 2.38. The first-order valence-electron chi connectivity index (χ1n) is 7.02. The molecule has 128 valence electrons. The number of nitrogens with one attached hydrogen (secondary N) is 1. The molecule has 8 nitrogen and oxygen atoms in total. The number of hydrogen-bond acceptors (Lipinski definition) is 8. The normalized spacial score (nSPS) is 20.0. The number of thioether (sulfide) groups is 1. The van der Waals surface area contributed by atoms with Crippen LogP contribution in [0.1, 0.15) is 22.1 Å². The van der Waals surface area contributed by atoms with Crippen LogP contribution in [0.3, 0.4) is 0 Å². The highest BCUT2D eigenvalue weighted by molar-refractivity contribution is 8.42. The van der Waals surface area contributed by atoms with Gasteiger partial charge in [-0.25, -0.2) is 18.5 Å². The van der Waals surface area contributed by atoms with Crippen molar-refractivity contribution < 1.29 is 13.2 Å². The topological polar surface area (TPSA) is 117 Å². The number of carbonyl (C=O) groups excluding carboxylic acids is 1. The molecular formula is C14H11N5O3S3. The van der Waals surface area contributed by atoms with Gasteiger partial charge in [-0.05, 0) is 40.7 Å². The number of hydrazone groups is 1. The van der Waals surface area contributed by atoms with Gasteiger partial charge < -0.3 is 5.32 Å². The molecule has 0 saturated heterocycles. The summed E-state index contributed by atoms with van der Waals surface area (Å²) in [5.74, 6) is -0.475. The zero-order chi connectivity index (χ0) is 17.6. The molecule has 1 amide bonds. The van der Waals surface area contributed by atoms with Crippen molar-refractivity contribution >= 4 is 54.3 Å². The minimum Gasteiger partial charge on any atom is -0.359 e. The summed E-state index contributed by atoms with van der Waals surface area (Å²) in [5, 5.41) is 17.2. The number of aliphatic imine (C=N–C) groups is 1. The van der Waals surface area contributed by atoms with Gasteiger partial charge >= 0.3 is 0 Å². The quantitative estimate of drug-likeness (QED) is 0.768. The van der Waals surface area contributed by atoms with Crippen LogP contribution in [-0.2, 0) is 10.0 Å². The standard InChI is InChI=1S/C14H11N5O3S3/c15-25(21,22)14-18-19-12(20)9-3-1-2-4-10(9)16-11(17-13(19)24-14)8-5-6-23-7-8/h1-7,11,16H,(H2,15,21,22). The summed E-state index contributed by atoms with van der Waals surface area (Å²) in [7, 11) is -4.04. The van der Waals surface area contributed by atoms with Gasteiger partial charge in [-0.2, -0.15) is 16.3 Å². The number of fused-ring (bicyclic) bond motifs is 2. The third-order valence-electron chi connectivity index (χ3n) is 3.53. The van der Waals surface area contributed by atoms with E-state index in [4.69, 9.17) is 5.14 Å². The minimum absolute atomic E-state index is 0.159. The molecule has 2 aromatic rings. The van der Waals surface area contributed by atoms with E-state index in [1.165, 1.54) is 11.3 Å². The van der Waals surface area contributed by atoms with Crippen LogP contribution in [0.15, 0.2) is 51.2 Å². The Morgan fingerprint density at radius 1 is 1.24 bits per heavy atom. The molecule has 0 saturated carbocycles. The van der Waals surface area contributed by atoms with Crippen molar-refractivity contribution in [3.63, 3.8) is 0 Å². The van der Waals surface area contributed by atoms with E-state index in [-0.39, 0.29) is 9.54 Å². The smallest absolute Gasteiger partial charge is 0.282 e. The lowest BCUT2D eigenvalue weighted by molar-refractivity contribution is 0.0855. The maximum Gasteiger partial charge on any atom is 0.282 e.